The van der Waals surface area contributed by atoms with Gasteiger partial charge < -0.3 is 33.8 Å². The third kappa shape index (κ3) is 67.6. The molecule has 19 heteroatoms. The SMILES string of the molecule is CCCCCCCCCCCCCCCCCCCCCC(=O)O[C@H](COC(=O)CCCCCCCCCCCCC(C)CC)COP(=O)(O)OC[C@@H](O)COP(=O)(O)OC[C@@H](COC(=O)CCCCCCCCC(C)CC)OC(=O)CCCCCCCCCCCCCC. The number of hydrogen-bond donors (Lipinski definition) is 3. The number of phosphoric ester groups is 2. The molecule has 0 saturated carbocycles. The van der Waals surface area contributed by atoms with Crippen molar-refractivity contribution in [2.75, 3.05) is 39.6 Å². The predicted molar refractivity (Wildman–Crippen MR) is 386 cm³/mol. The van der Waals surface area contributed by atoms with Crippen molar-refractivity contribution in [3.05, 3.63) is 0 Å². The van der Waals surface area contributed by atoms with Gasteiger partial charge in [0.1, 0.15) is 19.3 Å². The number of carbonyl (C=O) groups is 4. The number of carbonyl (C=O) groups excluding carboxylic acids is 4. The zero-order valence-corrected chi connectivity index (χ0v) is 63.8. The van der Waals surface area contributed by atoms with Crippen LogP contribution in [0.4, 0.5) is 0 Å². The molecule has 3 N–H and O–H groups in total. The van der Waals surface area contributed by atoms with Gasteiger partial charge in [0.05, 0.1) is 26.4 Å². The van der Waals surface area contributed by atoms with Gasteiger partial charge in [-0.25, -0.2) is 9.13 Å². The van der Waals surface area contributed by atoms with Crippen LogP contribution in [0.15, 0.2) is 0 Å². The summed E-state index contributed by atoms with van der Waals surface area (Å²) in [7, 11) is -9.91. The summed E-state index contributed by atoms with van der Waals surface area (Å²) in [4.78, 5) is 72.8. The molecule has 0 bridgehead atoms. The molecule has 0 aliphatic rings. The minimum atomic E-state index is -4.96. The zero-order valence-electron chi connectivity index (χ0n) is 62.0. The Morgan fingerprint density at radius 1 is 0.295 bits per heavy atom. The van der Waals surface area contributed by atoms with Crippen LogP contribution in [0.5, 0.6) is 0 Å². The molecule has 0 rings (SSSR count). The minimum absolute atomic E-state index is 0.106. The number of rotatable bonds is 75. The van der Waals surface area contributed by atoms with Crippen molar-refractivity contribution in [2.24, 2.45) is 11.8 Å². The average molecular weight is 1400 g/mol. The summed E-state index contributed by atoms with van der Waals surface area (Å²) in [5, 5.41) is 10.6. The Labute approximate surface area is 581 Å². The standard InChI is InChI=1S/C76H148O17P2/c1-7-11-13-15-17-19-21-23-24-25-26-27-28-29-31-37-41-49-55-61-76(81)92-71(64-86-73(78)58-52-46-39-35-33-32-34-38-44-50-56-68(5)9-3)66-90-94(82,83)88-62-70(77)63-89-95(84,85)91-67-72(65-87-74(79)59-53-47-43-42-45-51-57-69(6)10-4)93-75(80)60-54-48-40-36-30-22-20-18-16-14-12-8-2/h68-72,77H,7-67H2,1-6H3,(H,82,83)(H,84,85)/t68?,69?,70-,71-,72-/m1/s1. The van der Waals surface area contributed by atoms with E-state index >= 15 is 0 Å². The highest BCUT2D eigenvalue weighted by Crippen LogP contribution is 2.45. The summed E-state index contributed by atoms with van der Waals surface area (Å²) in [5.74, 6) is -0.575. The van der Waals surface area contributed by atoms with E-state index in [4.69, 9.17) is 37.0 Å². The topological polar surface area (TPSA) is 237 Å². The number of aliphatic hydroxyl groups excluding tert-OH is 1. The Balaban J connectivity index is 5.24. The van der Waals surface area contributed by atoms with Gasteiger partial charge in [-0.1, -0.05) is 343 Å². The predicted octanol–water partition coefficient (Wildman–Crippen LogP) is 22.3. The van der Waals surface area contributed by atoms with Crippen molar-refractivity contribution in [1.29, 1.82) is 0 Å². The number of ether oxygens (including phenoxy) is 4. The maximum absolute atomic E-state index is 13.1. The van der Waals surface area contributed by atoms with Gasteiger partial charge in [-0.2, -0.15) is 0 Å². The van der Waals surface area contributed by atoms with Gasteiger partial charge in [0.2, 0.25) is 0 Å². The number of unbranched alkanes of at least 4 members (excludes halogenated alkanes) is 43. The number of phosphoric acid groups is 2. The van der Waals surface area contributed by atoms with Crippen molar-refractivity contribution in [1.82, 2.24) is 0 Å². The normalized spacial score (nSPS) is 14.6. The largest absolute Gasteiger partial charge is 0.472 e. The van der Waals surface area contributed by atoms with Crippen LogP contribution in [0, 0.1) is 11.8 Å². The summed E-state index contributed by atoms with van der Waals surface area (Å²) in [6.07, 6.45) is 55.4. The smallest absolute Gasteiger partial charge is 0.462 e. The monoisotopic (exact) mass is 1400 g/mol. The highest BCUT2D eigenvalue weighted by molar-refractivity contribution is 7.47. The van der Waals surface area contributed by atoms with Crippen molar-refractivity contribution in [2.45, 2.75) is 413 Å². The van der Waals surface area contributed by atoms with E-state index in [0.29, 0.717) is 25.7 Å². The Morgan fingerprint density at radius 3 is 0.747 bits per heavy atom. The Kier molecular flexibility index (Phi) is 66.5. The summed E-state index contributed by atoms with van der Waals surface area (Å²) in [6, 6.07) is 0. The lowest BCUT2D eigenvalue weighted by atomic mass is 9.99. The molecule has 0 aliphatic carbocycles. The van der Waals surface area contributed by atoms with Crippen LogP contribution >= 0.6 is 15.6 Å². The van der Waals surface area contributed by atoms with Gasteiger partial charge >= 0.3 is 39.5 Å². The van der Waals surface area contributed by atoms with Crippen LogP contribution in [0.3, 0.4) is 0 Å². The first-order valence-electron chi connectivity index (χ1n) is 39.6. The minimum Gasteiger partial charge on any atom is -0.462 e. The molecule has 0 heterocycles. The van der Waals surface area contributed by atoms with Gasteiger partial charge in [0.15, 0.2) is 12.2 Å². The molecule has 4 unspecified atom stereocenters. The fourth-order valence-corrected chi connectivity index (χ4v) is 13.2. The summed E-state index contributed by atoms with van der Waals surface area (Å²) in [6.45, 7) is 9.58. The third-order valence-electron chi connectivity index (χ3n) is 18.4. The van der Waals surface area contributed by atoms with Gasteiger partial charge in [0.25, 0.3) is 0 Å². The van der Waals surface area contributed by atoms with E-state index in [1.807, 2.05) is 0 Å². The molecule has 564 valence electrons. The van der Waals surface area contributed by atoms with Gasteiger partial charge in [-0.3, -0.25) is 37.3 Å². The Bertz CT molecular complexity index is 1840. The van der Waals surface area contributed by atoms with E-state index in [-0.39, 0.29) is 25.7 Å². The molecule has 7 atom stereocenters. The van der Waals surface area contributed by atoms with Crippen molar-refractivity contribution in [3.63, 3.8) is 0 Å². The Hall–Kier alpha value is -1.94. The maximum Gasteiger partial charge on any atom is 0.472 e. The highest BCUT2D eigenvalue weighted by atomic mass is 31.2. The van der Waals surface area contributed by atoms with Crippen LogP contribution in [0.1, 0.15) is 395 Å². The van der Waals surface area contributed by atoms with Crippen LogP contribution in [-0.4, -0.2) is 96.7 Å². The number of aliphatic hydroxyl groups is 1. The molecular weight excluding hydrogens is 1250 g/mol. The second kappa shape index (κ2) is 67.9. The molecule has 0 aromatic carbocycles. The first-order valence-corrected chi connectivity index (χ1v) is 42.6. The first kappa shape index (κ1) is 93.1. The zero-order chi connectivity index (χ0) is 70.0. The quantitative estimate of drug-likeness (QED) is 0.0222. The lowest BCUT2D eigenvalue weighted by Crippen LogP contribution is -2.30. The molecule has 0 aliphatic heterocycles. The molecule has 0 saturated heterocycles. The van der Waals surface area contributed by atoms with E-state index < -0.39 is 97.5 Å². The first-order chi connectivity index (χ1) is 45.9. The molecule has 0 aromatic heterocycles. The van der Waals surface area contributed by atoms with Gasteiger partial charge in [-0.05, 0) is 37.5 Å². The van der Waals surface area contributed by atoms with Crippen molar-refractivity contribution < 1.29 is 80.2 Å². The lowest BCUT2D eigenvalue weighted by Gasteiger charge is -2.21. The Morgan fingerprint density at radius 2 is 0.505 bits per heavy atom. The van der Waals surface area contributed by atoms with E-state index in [9.17, 15) is 43.2 Å². The van der Waals surface area contributed by atoms with Crippen LogP contribution < -0.4 is 0 Å². The van der Waals surface area contributed by atoms with E-state index in [1.165, 1.54) is 205 Å². The highest BCUT2D eigenvalue weighted by Gasteiger charge is 2.30. The second-order valence-electron chi connectivity index (χ2n) is 27.9. The fraction of sp³-hybridized carbons (Fsp3) is 0.947. The average Bonchev–Trinajstić information content (AvgIpc) is 3.41. The summed E-state index contributed by atoms with van der Waals surface area (Å²) >= 11 is 0. The third-order valence-corrected chi connectivity index (χ3v) is 20.3. The number of hydrogen-bond acceptors (Lipinski definition) is 15. The van der Waals surface area contributed by atoms with Crippen molar-refractivity contribution in [3.8, 4) is 0 Å². The molecular formula is C76H148O17P2. The van der Waals surface area contributed by atoms with Gasteiger partial charge in [0, 0.05) is 25.7 Å². The molecule has 95 heavy (non-hydrogen) atoms. The molecule has 0 spiro atoms. The van der Waals surface area contributed by atoms with Gasteiger partial charge in [-0.15, -0.1) is 0 Å². The summed E-state index contributed by atoms with van der Waals surface area (Å²) < 4.78 is 68.5. The molecule has 0 aromatic rings. The van der Waals surface area contributed by atoms with Crippen molar-refractivity contribution >= 4 is 39.5 Å². The van der Waals surface area contributed by atoms with E-state index in [0.717, 1.165) is 108 Å². The molecule has 0 amide bonds. The van der Waals surface area contributed by atoms with Crippen LogP contribution in [-0.2, 0) is 65.4 Å². The number of esters is 4. The molecule has 0 fully saturated rings. The fourth-order valence-electron chi connectivity index (χ4n) is 11.6. The maximum atomic E-state index is 13.1. The molecule has 17 nitrogen and oxygen atoms in total. The lowest BCUT2D eigenvalue weighted by molar-refractivity contribution is -0.161. The van der Waals surface area contributed by atoms with E-state index in [2.05, 4.69) is 41.5 Å². The van der Waals surface area contributed by atoms with E-state index in [1.54, 1.807) is 0 Å². The van der Waals surface area contributed by atoms with Crippen LogP contribution in [0.2, 0.25) is 0 Å². The second-order valence-corrected chi connectivity index (χ2v) is 30.8. The summed E-state index contributed by atoms with van der Waals surface area (Å²) in [5.41, 5.74) is 0. The van der Waals surface area contributed by atoms with Crippen LogP contribution in [0.25, 0.3) is 0 Å². The molecule has 0 radical (unpaired) electrons.